The molecule has 0 aliphatic rings. The number of unbranched alkanes of at least 4 members (excludes halogenated alkanes) is 14. The number of carboxylic acids is 3. The zero-order chi connectivity index (χ0) is 23.7. The number of rotatable bonds is 21. The van der Waals surface area contributed by atoms with E-state index in [-0.39, 0.29) is 12.8 Å². The summed E-state index contributed by atoms with van der Waals surface area (Å²) in [5, 5.41) is 33.9. The van der Waals surface area contributed by atoms with Gasteiger partial charge in [-0.05, 0) is 19.3 Å². The fourth-order valence-corrected chi connectivity index (χ4v) is 3.21. The Hall–Kier alpha value is -1.63. The Balaban J connectivity index is 0. The maximum Gasteiger partial charge on any atom is 0.332 e. The molecule has 1 unspecified atom stereocenters. The molecule has 0 rings (SSSR count). The van der Waals surface area contributed by atoms with Gasteiger partial charge in [-0.2, -0.15) is 0 Å². The zero-order valence-electron chi connectivity index (χ0n) is 19.5. The number of aliphatic hydroxyl groups is 1. The van der Waals surface area contributed by atoms with Crippen molar-refractivity contribution < 1.29 is 34.8 Å². The highest BCUT2D eigenvalue weighted by Crippen LogP contribution is 2.13. The molecule has 0 spiro atoms. The van der Waals surface area contributed by atoms with Crippen LogP contribution >= 0.6 is 0 Å². The fourth-order valence-electron chi connectivity index (χ4n) is 3.21. The highest BCUT2D eigenvalue weighted by atomic mass is 16.4. The van der Waals surface area contributed by atoms with Crippen molar-refractivity contribution in [2.45, 2.75) is 135 Å². The lowest BCUT2D eigenvalue weighted by atomic mass is 10.0. The first-order valence-corrected chi connectivity index (χ1v) is 12.2. The van der Waals surface area contributed by atoms with Crippen molar-refractivity contribution in [1.82, 2.24) is 0 Å². The van der Waals surface area contributed by atoms with Crippen LogP contribution < -0.4 is 0 Å². The standard InChI is InChI=1S/C18H36O3.C6H10O4/c1-2-3-4-5-6-7-8-9-10-11-12-13-14-15-16-17(19)18(20)21;7-5(8)3-1-2-4-6(9)10/h17,19H,2-16H2,1H3,(H,20,21);1-4H2,(H,7,8)(H,9,10). The van der Waals surface area contributed by atoms with Crippen molar-refractivity contribution in [2.75, 3.05) is 0 Å². The van der Waals surface area contributed by atoms with E-state index in [9.17, 15) is 14.4 Å². The SMILES string of the molecule is CCCCCCCCCCCCCCCCC(O)C(=O)O.O=C(O)CCCCC(=O)O. The summed E-state index contributed by atoms with van der Waals surface area (Å²) in [7, 11) is 0. The largest absolute Gasteiger partial charge is 0.481 e. The first kappa shape index (κ1) is 31.6. The van der Waals surface area contributed by atoms with Crippen molar-refractivity contribution in [1.29, 1.82) is 0 Å². The Labute approximate surface area is 188 Å². The second kappa shape index (κ2) is 24.6. The lowest BCUT2D eigenvalue weighted by molar-refractivity contribution is -0.147. The summed E-state index contributed by atoms with van der Waals surface area (Å²) in [6, 6.07) is 0. The third-order valence-corrected chi connectivity index (χ3v) is 5.15. The second-order valence-corrected chi connectivity index (χ2v) is 8.23. The summed E-state index contributed by atoms with van der Waals surface area (Å²) in [5.41, 5.74) is 0. The molecule has 0 aliphatic heterocycles. The van der Waals surface area contributed by atoms with Gasteiger partial charge in [-0.15, -0.1) is 0 Å². The highest BCUT2D eigenvalue weighted by Gasteiger charge is 2.11. The summed E-state index contributed by atoms with van der Waals surface area (Å²) in [6.07, 6.45) is 18.3. The van der Waals surface area contributed by atoms with Crippen LogP contribution in [0.3, 0.4) is 0 Å². The molecule has 0 amide bonds. The first-order valence-electron chi connectivity index (χ1n) is 12.2. The molecule has 0 saturated heterocycles. The van der Waals surface area contributed by atoms with Crippen molar-refractivity contribution in [3.05, 3.63) is 0 Å². The molecular weight excluding hydrogens is 400 g/mol. The lowest BCUT2D eigenvalue weighted by Crippen LogP contribution is -2.18. The lowest BCUT2D eigenvalue weighted by Gasteiger charge is -2.05. The van der Waals surface area contributed by atoms with Gasteiger partial charge in [0.2, 0.25) is 0 Å². The van der Waals surface area contributed by atoms with Gasteiger partial charge in [0.15, 0.2) is 6.10 Å². The Morgan fingerprint density at radius 2 is 0.871 bits per heavy atom. The number of hydrogen-bond acceptors (Lipinski definition) is 4. The maximum absolute atomic E-state index is 10.4. The van der Waals surface area contributed by atoms with E-state index in [4.69, 9.17) is 20.4 Å². The molecule has 0 bridgehead atoms. The van der Waals surface area contributed by atoms with Gasteiger partial charge >= 0.3 is 17.9 Å². The third-order valence-electron chi connectivity index (χ3n) is 5.15. The molecule has 0 saturated carbocycles. The molecule has 4 N–H and O–H groups in total. The summed E-state index contributed by atoms with van der Waals surface area (Å²) < 4.78 is 0. The molecule has 7 heteroatoms. The Morgan fingerprint density at radius 1 is 0.548 bits per heavy atom. The van der Waals surface area contributed by atoms with Gasteiger partial charge in [0.05, 0.1) is 0 Å². The number of aliphatic carboxylic acids is 3. The van der Waals surface area contributed by atoms with Gasteiger partial charge in [-0.3, -0.25) is 9.59 Å². The molecule has 7 nitrogen and oxygen atoms in total. The summed E-state index contributed by atoms with van der Waals surface area (Å²) in [4.78, 5) is 30.2. The second-order valence-electron chi connectivity index (χ2n) is 8.23. The van der Waals surface area contributed by atoms with Crippen LogP contribution in [0.15, 0.2) is 0 Å². The molecular formula is C24H46O7. The first-order chi connectivity index (χ1) is 14.8. The summed E-state index contributed by atoms with van der Waals surface area (Å²) >= 11 is 0. The van der Waals surface area contributed by atoms with Crippen molar-refractivity contribution in [2.24, 2.45) is 0 Å². The van der Waals surface area contributed by atoms with Crippen LogP contribution in [-0.2, 0) is 14.4 Å². The summed E-state index contributed by atoms with van der Waals surface area (Å²) in [6.45, 7) is 2.26. The Morgan fingerprint density at radius 3 is 1.16 bits per heavy atom. The van der Waals surface area contributed by atoms with Crippen LogP contribution in [0.5, 0.6) is 0 Å². The van der Waals surface area contributed by atoms with E-state index in [0.29, 0.717) is 19.3 Å². The monoisotopic (exact) mass is 446 g/mol. The Bertz CT molecular complexity index is 422. The predicted molar refractivity (Wildman–Crippen MR) is 122 cm³/mol. The van der Waals surface area contributed by atoms with Crippen LogP contribution in [0.25, 0.3) is 0 Å². The molecule has 1 atom stereocenters. The number of carbonyl (C=O) groups is 3. The molecule has 0 aliphatic carbocycles. The minimum Gasteiger partial charge on any atom is -0.481 e. The maximum atomic E-state index is 10.4. The molecule has 0 aromatic rings. The quantitative estimate of drug-likeness (QED) is 0.158. The van der Waals surface area contributed by atoms with E-state index in [0.717, 1.165) is 12.8 Å². The van der Waals surface area contributed by atoms with Gasteiger partial charge in [-0.1, -0.05) is 96.8 Å². The molecule has 0 radical (unpaired) electrons. The average Bonchev–Trinajstić information content (AvgIpc) is 2.71. The summed E-state index contributed by atoms with van der Waals surface area (Å²) in [5.74, 6) is -2.83. The number of hydrogen-bond donors (Lipinski definition) is 4. The van der Waals surface area contributed by atoms with Crippen LogP contribution in [0.4, 0.5) is 0 Å². The van der Waals surface area contributed by atoms with Crippen LogP contribution in [-0.4, -0.2) is 44.4 Å². The van der Waals surface area contributed by atoms with E-state index in [1.807, 2.05) is 0 Å². The Kier molecular flexibility index (Phi) is 25.1. The van der Waals surface area contributed by atoms with Gasteiger partial charge in [0.25, 0.3) is 0 Å². The number of carboxylic acid groups (broad SMARTS) is 3. The highest BCUT2D eigenvalue weighted by molar-refractivity contribution is 5.71. The van der Waals surface area contributed by atoms with Crippen molar-refractivity contribution >= 4 is 17.9 Å². The molecule has 0 heterocycles. The molecule has 184 valence electrons. The van der Waals surface area contributed by atoms with E-state index < -0.39 is 24.0 Å². The zero-order valence-corrected chi connectivity index (χ0v) is 19.5. The minimum atomic E-state index is -1.16. The van der Waals surface area contributed by atoms with Crippen molar-refractivity contribution in [3.8, 4) is 0 Å². The molecule has 31 heavy (non-hydrogen) atoms. The topological polar surface area (TPSA) is 132 Å². The third kappa shape index (κ3) is 30.7. The van der Waals surface area contributed by atoms with Gasteiger partial charge in [0, 0.05) is 12.8 Å². The van der Waals surface area contributed by atoms with Gasteiger partial charge < -0.3 is 20.4 Å². The average molecular weight is 447 g/mol. The van der Waals surface area contributed by atoms with Gasteiger partial charge in [-0.25, -0.2) is 4.79 Å². The van der Waals surface area contributed by atoms with Gasteiger partial charge in [0.1, 0.15) is 0 Å². The van der Waals surface area contributed by atoms with E-state index in [1.54, 1.807) is 0 Å². The minimum absolute atomic E-state index is 0.0628. The van der Waals surface area contributed by atoms with Crippen molar-refractivity contribution in [3.63, 3.8) is 0 Å². The predicted octanol–water partition coefficient (Wildman–Crippen LogP) is 6.02. The van der Waals surface area contributed by atoms with E-state index in [1.165, 1.54) is 77.0 Å². The molecule has 0 aromatic heterocycles. The molecule has 0 aromatic carbocycles. The normalized spacial score (nSPS) is 11.4. The van der Waals surface area contributed by atoms with Crippen LogP contribution in [0.2, 0.25) is 0 Å². The molecule has 0 fully saturated rings. The van der Waals surface area contributed by atoms with Crippen LogP contribution in [0.1, 0.15) is 129 Å². The fraction of sp³-hybridized carbons (Fsp3) is 0.875. The van der Waals surface area contributed by atoms with E-state index in [2.05, 4.69) is 6.92 Å². The van der Waals surface area contributed by atoms with Crippen LogP contribution in [0, 0.1) is 0 Å². The number of aliphatic hydroxyl groups excluding tert-OH is 1. The van der Waals surface area contributed by atoms with E-state index >= 15 is 0 Å². The smallest absolute Gasteiger partial charge is 0.332 e.